The van der Waals surface area contributed by atoms with Gasteiger partial charge >= 0.3 is 6.03 Å². The van der Waals surface area contributed by atoms with Gasteiger partial charge in [-0.25, -0.2) is 4.79 Å². The zero-order valence-corrected chi connectivity index (χ0v) is 14.3. The summed E-state index contributed by atoms with van der Waals surface area (Å²) in [6, 6.07) is -0.0806. The Labute approximate surface area is 140 Å². The lowest BCUT2D eigenvalue weighted by Crippen LogP contribution is -2.41. The van der Waals surface area contributed by atoms with E-state index in [1.807, 2.05) is 11.8 Å². The molecule has 2 fully saturated rings. The Hall–Kier alpha value is -1.70. The van der Waals surface area contributed by atoms with Crippen molar-refractivity contribution < 1.29 is 9.59 Å². The number of hydrogen-bond acceptors (Lipinski definition) is 5. The van der Waals surface area contributed by atoms with Gasteiger partial charge < -0.3 is 15.1 Å². The van der Waals surface area contributed by atoms with Crippen molar-refractivity contribution in [2.75, 3.05) is 32.7 Å². The second-order valence-corrected chi connectivity index (χ2v) is 7.43. The summed E-state index contributed by atoms with van der Waals surface area (Å²) in [6.07, 6.45) is 3.68. The van der Waals surface area contributed by atoms with Crippen LogP contribution in [0.15, 0.2) is 0 Å². The van der Waals surface area contributed by atoms with E-state index in [1.54, 1.807) is 16.2 Å². The van der Waals surface area contributed by atoms with E-state index < -0.39 is 0 Å². The van der Waals surface area contributed by atoms with Crippen molar-refractivity contribution in [3.63, 3.8) is 0 Å². The van der Waals surface area contributed by atoms with E-state index >= 15 is 0 Å². The molecule has 23 heavy (non-hydrogen) atoms. The zero-order valence-electron chi connectivity index (χ0n) is 13.5. The van der Waals surface area contributed by atoms with Gasteiger partial charge in [0.15, 0.2) is 0 Å². The maximum Gasteiger partial charge on any atom is 0.317 e. The highest BCUT2D eigenvalue weighted by Crippen LogP contribution is 2.21. The lowest BCUT2D eigenvalue weighted by atomic mass is 10.1. The van der Waals surface area contributed by atoms with E-state index in [0.717, 1.165) is 42.4 Å². The number of nitrogens with zero attached hydrogens (tertiary/aromatic N) is 4. The van der Waals surface area contributed by atoms with Crippen LogP contribution in [0.2, 0.25) is 0 Å². The van der Waals surface area contributed by atoms with E-state index in [0.29, 0.717) is 26.1 Å². The average molecular weight is 337 g/mol. The van der Waals surface area contributed by atoms with Crippen LogP contribution in [0.5, 0.6) is 0 Å². The van der Waals surface area contributed by atoms with Crippen molar-refractivity contribution >= 4 is 23.3 Å². The average Bonchev–Trinajstić information content (AvgIpc) is 3.28. The lowest BCUT2D eigenvalue weighted by molar-refractivity contribution is -0.133. The van der Waals surface area contributed by atoms with Crippen molar-refractivity contribution in [3.8, 4) is 0 Å². The molecule has 8 heteroatoms. The molecule has 0 aliphatic carbocycles. The van der Waals surface area contributed by atoms with Gasteiger partial charge in [-0.3, -0.25) is 4.79 Å². The van der Waals surface area contributed by atoms with Crippen LogP contribution in [0.4, 0.5) is 4.79 Å². The molecule has 1 aromatic heterocycles. The van der Waals surface area contributed by atoms with E-state index in [2.05, 4.69) is 15.5 Å². The van der Waals surface area contributed by atoms with Crippen LogP contribution >= 0.6 is 11.3 Å². The first-order valence-corrected chi connectivity index (χ1v) is 9.05. The first-order valence-electron chi connectivity index (χ1n) is 8.24. The first kappa shape index (κ1) is 16.2. The monoisotopic (exact) mass is 337 g/mol. The number of carbonyl (C=O) groups is 2. The molecular weight excluding hydrogens is 314 g/mol. The minimum Gasteiger partial charge on any atom is -0.342 e. The standard InChI is InChI=1S/C15H23N5O2S/c1-11-17-18-13(23-11)4-6-16-15(22)20-9-5-12(10-20)14(21)19-7-2-3-8-19/h12H,2-10H2,1H3,(H,16,22)/t12-/m0/s1. The molecule has 126 valence electrons. The van der Waals surface area contributed by atoms with Crippen LogP contribution in [0.1, 0.15) is 29.3 Å². The van der Waals surface area contributed by atoms with Crippen molar-refractivity contribution in [3.05, 3.63) is 10.0 Å². The number of nitrogens with one attached hydrogen (secondary N) is 1. The highest BCUT2D eigenvalue weighted by atomic mass is 32.1. The third kappa shape index (κ3) is 3.99. The molecule has 3 heterocycles. The molecule has 0 saturated carbocycles. The van der Waals surface area contributed by atoms with E-state index in [-0.39, 0.29) is 17.9 Å². The van der Waals surface area contributed by atoms with Crippen molar-refractivity contribution in [1.82, 2.24) is 25.3 Å². The Kier molecular flexibility index (Phi) is 5.09. The molecule has 7 nitrogen and oxygen atoms in total. The third-order valence-corrected chi connectivity index (χ3v) is 5.32. The predicted octanol–water partition coefficient (Wildman–Crippen LogP) is 1.04. The van der Waals surface area contributed by atoms with Crippen LogP contribution < -0.4 is 5.32 Å². The predicted molar refractivity (Wildman–Crippen MR) is 87.2 cm³/mol. The number of aromatic nitrogens is 2. The van der Waals surface area contributed by atoms with E-state index in [9.17, 15) is 9.59 Å². The smallest absolute Gasteiger partial charge is 0.317 e. The molecule has 3 amide bonds. The van der Waals surface area contributed by atoms with Gasteiger partial charge in [-0.05, 0) is 26.2 Å². The van der Waals surface area contributed by atoms with Gasteiger partial charge in [-0.2, -0.15) is 0 Å². The summed E-state index contributed by atoms with van der Waals surface area (Å²) >= 11 is 1.55. The highest BCUT2D eigenvalue weighted by molar-refractivity contribution is 7.11. The van der Waals surface area contributed by atoms with Crippen molar-refractivity contribution in [2.24, 2.45) is 5.92 Å². The van der Waals surface area contributed by atoms with Gasteiger partial charge in [0.1, 0.15) is 10.0 Å². The number of rotatable bonds is 4. The van der Waals surface area contributed by atoms with Crippen LogP contribution in [-0.2, 0) is 11.2 Å². The van der Waals surface area contributed by atoms with Gasteiger partial charge in [0, 0.05) is 39.1 Å². The molecule has 0 aromatic carbocycles. The number of likely N-dealkylation sites (tertiary alicyclic amines) is 2. The summed E-state index contributed by atoms with van der Waals surface area (Å²) < 4.78 is 0. The van der Waals surface area contributed by atoms with Crippen molar-refractivity contribution in [1.29, 1.82) is 0 Å². The molecule has 1 aromatic rings. The Morgan fingerprint density at radius 3 is 2.70 bits per heavy atom. The molecule has 2 aliphatic rings. The van der Waals surface area contributed by atoms with Crippen LogP contribution in [-0.4, -0.2) is 64.7 Å². The second-order valence-electron chi connectivity index (χ2n) is 6.16. The molecule has 2 aliphatic heterocycles. The summed E-state index contributed by atoms with van der Waals surface area (Å²) in [6.45, 7) is 5.43. The maximum atomic E-state index is 12.4. The van der Waals surface area contributed by atoms with Crippen LogP contribution in [0, 0.1) is 12.8 Å². The van der Waals surface area contributed by atoms with Crippen LogP contribution in [0.25, 0.3) is 0 Å². The minimum atomic E-state index is -0.0806. The molecule has 1 N–H and O–H groups in total. The van der Waals surface area contributed by atoms with Gasteiger partial charge in [0.25, 0.3) is 0 Å². The molecule has 0 unspecified atom stereocenters. The Balaban J connectivity index is 1.41. The summed E-state index contributed by atoms with van der Waals surface area (Å²) in [4.78, 5) is 28.3. The highest BCUT2D eigenvalue weighted by Gasteiger charge is 2.34. The minimum absolute atomic E-state index is 0.0235. The fourth-order valence-corrected chi connectivity index (χ4v) is 3.88. The normalized spacial score (nSPS) is 21.0. The fraction of sp³-hybridized carbons (Fsp3) is 0.733. The molecule has 0 spiro atoms. The number of hydrogen-bond donors (Lipinski definition) is 1. The molecule has 1 atom stereocenters. The van der Waals surface area contributed by atoms with Gasteiger partial charge in [-0.15, -0.1) is 21.5 Å². The van der Waals surface area contributed by atoms with E-state index in [1.165, 1.54) is 0 Å². The lowest BCUT2D eigenvalue weighted by Gasteiger charge is -2.20. The molecule has 3 rings (SSSR count). The largest absolute Gasteiger partial charge is 0.342 e. The number of amides is 3. The quantitative estimate of drug-likeness (QED) is 0.890. The first-order chi connectivity index (χ1) is 11.1. The van der Waals surface area contributed by atoms with Gasteiger partial charge in [0.2, 0.25) is 5.91 Å². The number of urea groups is 1. The SMILES string of the molecule is Cc1nnc(CCNC(=O)N2CC[C@H](C(=O)N3CCCC3)C2)s1. The number of aryl methyl sites for hydroxylation is 1. The Bertz CT molecular complexity index is 570. The summed E-state index contributed by atoms with van der Waals surface area (Å²) in [5, 5.41) is 12.8. The zero-order chi connectivity index (χ0) is 16.2. The summed E-state index contributed by atoms with van der Waals surface area (Å²) in [5.74, 6) is 0.201. The Morgan fingerprint density at radius 1 is 1.22 bits per heavy atom. The van der Waals surface area contributed by atoms with Gasteiger partial charge in [-0.1, -0.05) is 0 Å². The summed E-state index contributed by atoms with van der Waals surface area (Å²) in [7, 11) is 0. The maximum absolute atomic E-state index is 12.4. The number of carbonyl (C=O) groups excluding carboxylic acids is 2. The summed E-state index contributed by atoms with van der Waals surface area (Å²) in [5.41, 5.74) is 0. The molecular formula is C15H23N5O2S. The fourth-order valence-electron chi connectivity index (χ4n) is 3.17. The van der Waals surface area contributed by atoms with Crippen LogP contribution in [0.3, 0.4) is 0 Å². The topological polar surface area (TPSA) is 78.4 Å². The molecule has 0 bridgehead atoms. The molecule has 0 radical (unpaired) electrons. The third-order valence-electron chi connectivity index (χ3n) is 4.43. The van der Waals surface area contributed by atoms with E-state index in [4.69, 9.17) is 0 Å². The Morgan fingerprint density at radius 2 is 2.00 bits per heavy atom. The second kappa shape index (κ2) is 7.25. The van der Waals surface area contributed by atoms with Crippen molar-refractivity contribution in [2.45, 2.75) is 32.6 Å². The molecule has 2 saturated heterocycles. The van der Waals surface area contributed by atoms with Gasteiger partial charge in [0.05, 0.1) is 5.92 Å².